The molecule has 7 heteroatoms. The van der Waals surface area contributed by atoms with Crippen LogP contribution in [0.4, 0.5) is 5.82 Å². The number of carbonyl (C=O) groups is 1. The van der Waals surface area contributed by atoms with Crippen LogP contribution < -0.4 is 4.90 Å². The van der Waals surface area contributed by atoms with Gasteiger partial charge in [-0.2, -0.15) is 5.26 Å². The van der Waals surface area contributed by atoms with Crippen LogP contribution in [0.5, 0.6) is 0 Å². The van der Waals surface area contributed by atoms with E-state index in [1.807, 2.05) is 23.2 Å². The number of nitrogens with one attached hydrogen (secondary N) is 1. The third-order valence-corrected chi connectivity index (χ3v) is 4.96. The smallest absolute Gasteiger partial charge is 0.237 e. The van der Waals surface area contributed by atoms with Crippen LogP contribution in [0.25, 0.3) is 11.0 Å². The Bertz CT molecular complexity index is 778. The fourth-order valence-electron chi connectivity index (χ4n) is 3.94. The first kappa shape index (κ1) is 14.0. The third-order valence-electron chi connectivity index (χ3n) is 4.96. The van der Waals surface area contributed by atoms with E-state index >= 15 is 0 Å². The molecule has 0 aliphatic carbocycles. The lowest BCUT2D eigenvalue weighted by atomic mass is 9.92. The summed E-state index contributed by atoms with van der Waals surface area (Å²) in [5.74, 6) is 1.34. The highest BCUT2D eigenvalue weighted by molar-refractivity contribution is 5.87. The van der Waals surface area contributed by atoms with Crippen molar-refractivity contribution in [1.29, 1.82) is 5.26 Å². The summed E-state index contributed by atoms with van der Waals surface area (Å²) in [6.07, 6.45) is 5.55. The van der Waals surface area contributed by atoms with E-state index < -0.39 is 0 Å². The number of fused-ring (bicyclic) bond motifs is 2. The number of piperidine rings is 1. The molecule has 0 spiro atoms. The highest BCUT2D eigenvalue weighted by atomic mass is 16.2. The number of hydrogen-bond donors (Lipinski definition) is 1. The van der Waals surface area contributed by atoms with E-state index in [1.165, 1.54) is 0 Å². The van der Waals surface area contributed by atoms with Gasteiger partial charge in [0.15, 0.2) is 0 Å². The molecule has 0 saturated carbocycles. The minimum Gasteiger partial charge on any atom is -0.354 e. The van der Waals surface area contributed by atoms with E-state index in [9.17, 15) is 4.79 Å². The zero-order valence-corrected chi connectivity index (χ0v) is 12.8. The number of anilines is 1. The van der Waals surface area contributed by atoms with Gasteiger partial charge in [-0.15, -0.1) is 0 Å². The minimum absolute atomic E-state index is 0.0290. The van der Waals surface area contributed by atoms with Gasteiger partial charge < -0.3 is 14.8 Å². The molecule has 7 nitrogen and oxygen atoms in total. The first-order chi connectivity index (χ1) is 11.3. The number of aromatic amines is 1. The number of H-pyrrole nitrogens is 1. The lowest BCUT2D eigenvalue weighted by Crippen LogP contribution is -2.48. The molecule has 4 rings (SSSR count). The van der Waals surface area contributed by atoms with E-state index in [1.54, 1.807) is 6.33 Å². The van der Waals surface area contributed by atoms with Crippen LogP contribution in [0.1, 0.15) is 19.3 Å². The van der Waals surface area contributed by atoms with Crippen LogP contribution in [-0.2, 0) is 4.79 Å². The van der Waals surface area contributed by atoms with Crippen LogP contribution >= 0.6 is 0 Å². The van der Waals surface area contributed by atoms with Gasteiger partial charge in [0.2, 0.25) is 5.91 Å². The molecule has 4 heterocycles. The largest absolute Gasteiger partial charge is 0.354 e. The lowest BCUT2D eigenvalue weighted by molar-refractivity contribution is -0.134. The summed E-state index contributed by atoms with van der Waals surface area (Å²) >= 11 is 0. The summed E-state index contributed by atoms with van der Waals surface area (Å²) in [6, 6.07) is 4.16. The molecule has 0 aromatic carbocycles. The second kappa shape index (κ2) is 5.54. The molecule has 0 bridgehead atoms. The van der Waals surface area contributed by atoms with E-state index in [4.69, 9.17) is 5.26 Å². The number of carbonyl (C=O) groups excluding carboxylic acids is 1. The molecule has 2 aromatic heterocycles. The van der Waals surface area contributed by atoms with Crippen LogP contribution in [0.15, 0.2) is 18.6 Å². The molecule has 1 N–H and O–H groups in total. The summed E-state index contributed by atoms with van der Waals surface area (Å²) in [5, 5.41) is 9.82. The van der Waals surface area contributed by atoms with Gasteiger partial charge in [-0.3, -0.25) is 4.79 Å². The number of aromatic nitrogens is 3. The van der Waals surface area contributed by atoms with Gasteiger partial charge in [-0.05, 0) is 24.8 Å². The Kier molecular flexibility index (Phi) is 3.37. The highest BCUT2D eigenvalue weighted by Crippen LogP contribution is 2.34. The summed E-state index contributed by atoms with van der Waals surface area (Å²) in [6.45, 7) is 2.44. The molecule has 1 amide bonds. The first-order valence-electron chi connectivity index (χ1n) is 7.97. The van der Waals surface area contributed by atoms with Gasteiger partial charge in [0.1, 0.15) is 24.2 Å². The standard InChI is InChI=1S/C16H18N6O/c17-5-3-14(23)22-7-1-2-11-8-21(9-13(11)22)16-12-4-6-18-15(12)19-10-20-16/h4,6,10-11,13H,1-3,7-9H2,(H,18,19,20). The van der Waals surface area contributed by atoms with Gasteiger partial charge in [0.05, 0.1) is 17.5 Å². The predicted octanol–water partition coefficient (Wildman–Crippen LogP) is 1.30. The molecular weight excluding hydrogens is 292 g/mol. The maximum Gasteiger partial charge on any atom is 0.237 e. The molecule has 2 aromatic rings. The van der Waals surface area contributed by atoms with Crippen LogP contribution in [0, 0.1) is 17.2 Å². The Balaban J connectivity index is 1.61. The predicted molar refractivity (Wildman–Crippen MR) is 84.6 cm³/mol. The Labute approximate surface area is 133 Å². The molecule has 2 atom stereocenters. The van der Waals surface area contributed by atoms with Crippen molar-refractivity contribution in [3.05, 3.63) is 18.6 Å². The Morgan fingerprint density at radius 3 is 3.22 bits per heavy atom. The van der Waals surface area contributed by atoms with Gasteiger partial charge in [0, 0.05) is 25.8 Å². The van der Waals surface area contributed by atoms with Crippen molar-refractivity contribution in [3.63, 3.8) is 0 Å². The van der Waals surface area contributed by atoms with E-state index in [2.05, 4.69) is 19.9 Å². The fourth-order valence-corrected chi connectivity index (χ4v) is 3.94. The second-order valence-electron chi connectivity index (χ2n) is 6.23. The van der Waals surface area contributed by atoms with E-state index in [-0.39, 0.29) is 18.4 Å². The molecule has 0 radical (unpaired) electrons. The maximum absolute atomic E-state index is 12.2. The Hall–Kier alpha value is -2.62. The Morgan fingerprint density at radius 2 is 2.35 bits per heavy atom. The fraction of sp³-hybridized carbons (Fsp3) is 0.500. The summed E-state index contributed by atoms with van der Waals surface area (Å²) in [4.78, 5) is 28.2. The van der Waals surface area contributed by atoms with Crippen molar-refractivity contribution in [2.24, 2.45) is 5.92 Å². The molecule has 2 unspecified atom stereocenters. The first-order valence-corrected chi connectivity index (χ1v) is 7.97. The zero-order valence-electron chi connectivity index (χ0n) is 12.8. The monoisotopic (exact) mass is 310 g/mol. The van der Waals surface area contributed by atoms with Crippen molar-refractivity contribution < 1.29 is 4.79 Å². The topological polar surface area (TPSA) is 88.9 Å². The minimum atomic E-state index is -0.0430. The van der Waals surface area contributed by atoms with Crippen molar-refractivity contribution in [1.82, 2.24) is 19.9 Å². The summed E-state index contributed by atoms with van der Waals surface area (Å²) in [7, 11) is 0. The summed E-state index contributed by atoms with van der Waals surface area (Å²) < 4.78 is 0. The average Bonchev–Trinajstić information content (AvgIpc) is 3.20. The SMILES string of the molecule is N#CCC(=O)N1CCCC2CN(c3ncnc4[nH]ccc34)CC21. The van der Waals surface area contributed by atoms with Crippen LogP contribution in [0.3, 0.4) is 0 Å². The Morgan fingerprint density at radius 1 is 1.43 bits per heavy atom. The number of likely N-dealkylation sites (tertiary alicyclic amines) is 1. The van der Waals surface area contributed by atoms with Gasteiger partial charge in [0.25, 0.3) is 0 Å². The molecule has 2 saturated heterocycles. The molecule has 2 aliphatic heterocycles. The van der Waals surface area contributed by atoms with Crippen LogP contribution in [-0.4, -0.2) is 51.4 Å². The lowest BCUT2D eigenvalue weighted by Gasteiger charge is -2.36. The maximum atomic E-state index is 12.2. The van der Waals surface area contributed by atoms with Gasteiger partial charge >= 0.3 is 0 Å². The number of hydrogen-bond acceptors (Lipinski definition) is 5. The van der Waals surface area contributed by atoms with Crippen molar-refractivity contribution in [3.8, 4) is 6.07 Å². The molecule has 118 valence electrons. The molecular formula is C16H18N6O. The quantitative estimate of drug-likeness (QED) is 0.903. The molecule has 2 fully saturated rings. The number of nitriles is 1. The number of amides is 1. The van der Waals surface area contributed by atoms with E-state index in [0.29, 0.717) is 5.92 Å². The second-order valence-corrected chi connectivity index (χ2v) is 6.23. The zero-order chi connectivity index (χ0) is 15.8. The van der Waals surface area contributed by atoms with Crippen molar-refractivity contribution >= 4 is 22.8 Å². The van der Waals surface area contributed by atoms with Gasteiger partial charge in [-0.1, -0.05) is 0 Å². The number of nitrogens with zero attached hydrogens (tertiary/aromatic N) is 5. The van der Waals surface area contributed by atoms with E-state index in [0.717, 1.165) is 49.3 Å². The van der Waals surface area contributed by atoms with Crippen molar-refractivity contribution in [2.75, 3.05) is 24.5 Å². The summed E-state index contributed by atoms with van der Waals surface area (Å²) in [5.41, 5.74) is 0.835. The number of rotatable bonds is 2. The molecule has 2 aliphatic rings. The van der Waals surface area contributed by atoms with Crippen LogP contribution in [0.2, 0.25) is 0 Å². The van der Waals surface area contributed by atoms with Gasteiger partial charge in [-0.25, -0.2) is 9.97 Å². The normalized spacial score (nSPS) is 23.8. The molecule has 23 heavy (non-hydrogen) atoms. The third kappa shape index (κ3) is 2.31. The van der Waals surface area contributed by atoms with Crippen molar-refractivity contribution in [2.45, 2.75) is 25.3 Å². The average molecular weight is 310 g/mol. The highest BCUT2D eigenvalue weighted by Gasteiger charge is 2.41.